The Kier molecular flexibility index (Phi) is 8.07. The number of aromatic nitrogens is 2. The van der Waals surface area contributed by atoms with Crippen LogP contribution < -0.4 is 20.6 Å². The van der Waals surface area contributed by atoms with E-state index in [0.29, 0.717) is 46.3 Å². The summed E-state index contributed by atoms with van der Waals surface area (Å²) in [6.45, 7) is 13.0. The molecule has 0 saturated carbocycles. The van der Waals surface area contributed by atoms with E-state index >= 15 is 0 Å². The summed E-state index contributed by atoms with van der Waals surface area (Å²) in [5.74, 6) is 1.07. The van der Waals surface area contributed by atoms with Crippen molar-refractivity contribution in [1.29, 1.82) is 0 Å². The Labute approximate surface area is 242 Å². The molecule has 0 radical (unpaired) electrons. The van der Waals surface area contributed by atoms with Gasteiger partial charge in [-0.25, -0.2) is 9.59 Å². The van der Waals surface area contributed by atoms with Gasteiger partial charge in [-0.15, -0.1) is 0 Å². The number of amides is 1. The van der Waals surface area contributed by atoms with Gasteiger partial charge in [-0.05, 0) is 82.5 Å². The second-order valence-corrected chi connectivity index (χ2v) is 12.9. The molecule has 0 spiro atoms. The summed E-state index contributed by atoms with van der Waals surface area (Å²) in [7, 11) is 0. The maximum Gasteiger partial charge on any atom is 0.410 e. The first-order valence-electron chi connectivity index (χ1n) is 13.6. The van der Waals surface area contributed by atoms with Gasteiger partial charge in [-0.1, -0.05) is 11.6 Å². The molecule has 4 heterocycles. The second kappa shape index (κ2) is 11.1. The van der Waals surface area contributed by atoms with E-state index in [9.17, 15) is 9.59 Å². The van der Waals surface area contributed by atoms with Crippen LogP contribution >= 0.6 is 27.5 Å². The highest BCUT2D eigenvalue weighted by Gasteiger charge is 2.37. The summed E-state index contributed by atoms with van der Waals surface area (Å²) >= 11 is 10.2. The van der Waals surface area contributed by atoms with Crippen LogP contribution in [-0.4, -0.2) is 83.7 Å². The zero-order valence-corrected chi connectivity index (χ0v) is 25.5. The van der Waals surface area contributed by atoms with Crippen molar-refractivity contribution in [3.63, 3.8) is 0 Å². The molecule has 0 unspecified atom stereocenters. The first kappa shape index (κ1) is 28.4. The van der Waals surface area contributed by atoms with Crippen molar-refractivity contribution in [2.75, 3.05) is 44.3 Å². The minimum atomic E-state index is -0.581. The molecule has 1 aromatic carbocycles. The van der Waals surface area contributed by atoms with Crippen molar-refractivity contribution in [3.8, 4) is 5.75 Å². The first-order chi connectivity index (χ1) is 18.4. The van der Waals surface area contributed by atoms with Crippen molar-refractivity contribution in [1.82, 2.24) is 19.8 Å². The van der Waals surface area contributed by atoms with Gasteiger partial charge in [-0.2, -0.15) is 4.98 Å². The Morgan fingerprint density at radius 3 is 2.64 bits per heavy atom. The molecule has 3 atom stereocenters. The molecule has 5 rings (SSSR count). The minimum absolute atomic E-state index is 0.117. The van der Waals surface area contributed by atoms with Crippen LogP contribution in [0.1, 0.15) is 53.5 Å². The fraction of sp³-hybridized carbons (Fsp3) is 0.667. The van der Waals surface area contributed by atoms with E-state index in [0.717, 1.165) is 31.3 Å². The van der Waals surface area contributed by atoms with Gasteiger partial charge < -0.3 is 29.3 Å². The Balaban J connectivity index is 1.49. The normalized spacial score (nSPS) is 24.1. The Morgan fingerprint density at radius 2 is 1.95 bits per heavy atom. The fourth-order valence-corrected chi connectivity index (χ4v) is 6.19. The van der Waals surface area contributed by atoms with Crippen LogP contribution in [0.3, 0.4) is 0 Å². The average molecular weight is 627 g/mol. The van der Waals surface area contributed by atoms with Gasteiger partial charge in [0, 0.05) is 30.6 Å². The van der Waals surface area contributed by atoms with E-state index < -0.39 is 5.60 Å². The Bertz CT molecular complexity index is 1310. The maximum absolute atomic E-state index is 13.7. The zero-order valence-electron chi connectivity index (χ0n) is 23.1. The SMILES string of the molecule is C[C@H]1CN(c2nc(=O)n3c4c(c(Br)c(Cl)cc24)OC[C@@H]3COC2CCNCC2)[C@@H](C)CN1C(=O)OC(C)(C)C. The topological polar surface area (TPSA) is 98.2 Å². The number of nitrogens with one attached hydrogen (secondary N) is 1. The molecule has 39 heavy (non-hydrogen) atoms. The molecule has 12 heteroatoms. The van der Waals surface area contributed by atoms with Crippen molar-refractivity contribution in [2.24, 2.45) is 0 Å². The van der Waals surface area contributed by atoms with E-state index in [1.807, 2.05) is 40.7 Å². The standard InChI is InChI=1S/C27H37BrClN5O5/c1-15-12-33(26(36)39-27(3,4)5)16(2)11-32(15)24-19-10-20(29)21(28)23-22(19)34(25(35)31-24)17(14-38-23)13-37-18-6-8-30-9-7-18/h10,15-18,30H,6-9,11-14H2,1-5H3/t15-,16-,17-/m0/s1. The van der Waals surface area contributed by atoms with E-state index in [1.165, 1.54) is 0 Å². The molecule has 2 fully saturated rings. The minimum Gasteiger partial charge on any atom is -0.488 e. The number of carbonyl (C=O) groups excluding carboxylic acids is 1. The summed E-state index contributed by atoms with van der Waals surface area (Å²) in [5.41, 5.74) is -0.285. The molecule has 0 bridgehead atoms. The lowest BCUT2D eigenvalue weighted by Gasteiger charge is -2.45. The quantitative estimate of drug-likeness (QED) is 0.535. The van der Waals surface area contributed by atoms with Gasteiger partial charge in [0.2, 0.25) is 0 Å². The molecule has 1 aromatic heterocycles. The molecule has 3 aliphatic heterocycles. The van der Waals surface area contributed by atoms with Crippen LogP contribution in [0.15, 0.2) is 15.3 Å². The van der Waals surface area contributed by atoms with E-state index in [-0.39, 0.29) is 42.6 Å². The summed E-state index contributed by atoms with van der Waals surface area (Å²) in [6.07, 6.45) is 1.70. The van der Waals surface area contributed by atoms with Gasteiger partial charge in [0.05, 0.1) is 28.2 Å². The number of rotatable bonds is 4. The van der Waals surface area contributed by atoms with Crippen molar-refractivity contribution >= 4 is 50.3 Å². The number of hydrogen-bond acceptors (Lipinski definition) is 8. The molecule has 1 N–H and O–H groups in total. The van der Waals surface area contributed by atoms with Gasteiger partial charge >= 0.3 is 11.8 Å². The predicted molar refractivity (Wildman–Crippen MR) is 154 cm³/mol. The lowest BCUT2D eigenvalue weighted by molar-refractivity contribution is 0.00364. The van der Waals surface area contributed by atoms with Gasteiger partial charge in [0.15, 0.2) is 5.75 Å². The summed E-state index contributed by atoms with van der Waals surface area (Å²) in [6, 6.07) is 1.25. The van der Waals surface area contributed by atoms with E-state index in [1.54, 1.807) is 9.47 Å². The lowest BCUT2D eigenvalue weighted by Crippen LogP contribution is -2.59. The molecule has 0 aliphatic carbocycles. The number of carbonyl (C=O) groups is 1. The summed E-state index contributed by atoms with van der Waals surface area (Å²) < 4.78 is 20.4. The first-order valence-corrected chi connectivity index (χ1v) is 14.8. The third-order valence-corrected chi connectivity index (χ3v) is 8.84. The average Bonchev–Trinajstić information content (AvgIpc) is 2.88. The Hall–Kier alpha value is -2.08. The number of piperidine rings is 1. The molecular weight excluding hydrogens is 590 g/mol. The molecule has 3 aliphatic rings. The van der Waals surface area contributed by atoms with Crippen molar-refractivity contribution in [2.45, 2.75) is 77.3 Å². The van der Waals surface area contributed by atoms with Crippen LogP contribution in [0.25, 0.3) is 10.9 Å². The van der Waals surface area contributed by atoms with E-state index in [4.69, 9.17) is 25.8 Å². The van der Waals surface area contributed by atoms with Crippen molar-refractivity contribution < 1.29 is 19.0 Å². The van der Waals surface area contributed by atoms with Crippen LogP contribution in [0, 0.1) is 0 Å². The third-order valence-electron chi connectivity index (χ3n) is 7.52. The largest absolute Gasteiger partial charge is 0.488 e. The summed E-state index contributed by atoms with van der Waals surface area (Å²) in [4.78, 5) is 35.0. The number of benzene rings is 1. The number of ether oxygens (including phenoxy) is 3. The number of piperazine rings is 1. The number of nitrogens with zero attached hydrogens (tertiary/aromatic N) is 4. The number of hydrogen-bond donors (Lipinski definition) is 1. The molecule has 214 valence electrons. The van der Waals surface area contributed by atoms with E-state index in [2.05, 4.69) is 31.1 Å². The fourth-order valence-electron chi connectivity index (χ4n) is 5.58. The third kappa shape index (κ3) is 5.73. The summed E-state index contributed by atoms with van der Waals surface area (Å²) in [5, 5.41) is 4.55. The molecular formula is C27H37BrClN5O5. The van der Waals surface area contributed by atoms with Crippen LogP contribution in [0.2, 0.25) is 5.02 Å². The predicted octanol–water partition coefficient (Wildman–Crippen LogP) is 4.35. The molecule has 1 amide bonds. The Morgan fingerprint density at radius 1 is 1.23 bits per heavy atom. The van der Waals surface area contributed by atoms with Gasteiger partial charge in [-0.3, -0.25) is 4.57 Å². The number of halogens is 2. The molecule has 10 nitrogen and oxygen atoms in total. The highest BCUT2D eigenvalue weighted by atomic mass is 79.9. The van der Waals surface area contributed by atoms with Crippen LogP contribution in [0.5, 0.6) is 5.75 Å². The molecule has 2 saturated heterocycles. The second-order valence-electron chi connectivity index (χ2n) is 11.7. The van der Waals surface area contributed by atoms with Crippen molar-refractivity contribution in [3.05, 3.63) is 26.0 Å². The van der Waals surface area contributed by atoms with Crippen LogP contribution in [-0.2, 0) is 9.47 Å². The smallest absolute Gasteiger partial charge is 0.410 e. The van der Waals surface area contributed by atoms with Gasteiger partial charge in [0.1, 0.15) is 23.5 Å². The highest BCUT2D eigenvalue weighted by molar-refractivity contribution is 9.10. The highest BCUT2D eigenvalue weighted by Crippen LogP contribution is 2.44. The molecule has 2 aromatic rings. The lowest BCUT2D eigenvalue weighted by atomic mass is 10.1. The maximum atomic E-state index is 13.7. The monoisotopic (exact) mass is 625 g/mol. The van der Waals surface area contributed by atoms with Crippen LogP contribution in [0.4, 0.5) is 10.6 Å². The number of anilines is 1. The van der Waals surface area contributed by atoms with Gasteiger partial charge in [0.25, 0.3) is 0 Å². The zero-order chi connectivity index (χ0) is 28.1.